The molecule has 170 valence electrons. The molecule has 3 aromatic carbocycles. The average Bonchev–Trinajstić information content (AvgIpc) is 2.85. The fourth-order valence-corrected chi connectivity index (χ4v) is 5.20. The fourth-order valence-electron chi connectivity index (χ4n) is 4.81. The molecule has 2 N–H and O–H groups in total. The highest BCUT2D eigenvalue weighted by molar-refractivity contribution is 9.10. The summed E-state index contributed by atoms with van der Waals surface area (Å²) in [5.74, 6) is -0.344. The topological polar surface area (TPSA) is 64.4 Å². The second-order valence-electron chi connectivity index (χ2n) is 8.41. The number of aliphatic hydroxyl groups is 1. The van der Waals surface area contributed by atoms with Gasteiger partial charge in [-0.25, -0.2) is 0 Å². The van der Waals surface area contributed by atoms with Crippen molar-refractivity contribution in [2.45, 2.75) is 25.2 Å². The summed E-state index contributed by atoms with van der Waals surface area (Å²) in [7, 11) is 0. The third kappa shape index (κ3) is 3.99. The molecule has 4 nitrogen and oxygen atoms in total. The van der Waals surface area contributed by atoms with Gasteiger partial charge in [0.1, 0.15) is 11.6 Å². The number of Topliss-reactive ketones (excluding diaryl/α,β-unsaturated/α-hetero) is 1. The van der Waals surface area contributed by atoms with Crippen molar-refractivity contribution < 1.29 is 9.90 Å². The zero-order valence-corrected chi connectivity index (χ0v) is 20.6. The number of carbonyl (C=O) groups excluding carboxylic acids is 1. The van der Waals surface area contributed by atoms with Crippen LogP contribution in [0.3, 0.4) is 0 Å². The third-order valence-corrected chi connectivity index (χ3v) is 7.13. The number of allylic oxidation sites excluding steroid dienone is 2. The lowest BCUT2D eigenvalue weighted by atomic mass is 9.73. The number of hydrogen-bond donors (Lipinski definition) is 2. The van der Waals surface area contributed by atoms with E-state index < -0.39 is 5.92 Å². The van der Waals surface area contributed by atoms with Crippen molar-refractivity contribution in [2.75, 3.05) is 4.90 Å². The predicted molar refractivity (Wildman–Crippen MR) is 140 cm³/mol. The molecule has 0 saturated heterocycles. The summed E-state index contributed by atoms with van der Waals surface area (Å²) in [5, 5.41) is 21.4. The van der Waals surface area contributed by atoms with Crippen molar-refractivity contribution >= 4 is 50.6 Å². The van der Waals surface area contributed by atoms with Crippen LogP contribution in [0.15, 0.2) is 100 Å². The van der Waals surface area contributed by atoms with Gasteiger partial charge in [-0.05, 0) is 54.8 Å². The average molecular weight is 534 g/mol. The lowest BCUT2D eigenvalue weighted by Gasteiger charge is -2.41. The van der Waals surface area contributed by atoms with E-state index in [1.165, 1.54) is 0 Å². The molecule has 1 atom stereocenters. The molecule has 34 heavy (non-hydrogen) atoms. The molecule has 0 amide bonds. The van der Waals surface area contributed by atoms with E-state index in [0.29, 0.717) is 34.6 Å². The van der Waals surface area contributed by atoms with Crippen LogP contribution in [0.5, 0.6) is 0 Å². The normalized spacial score (nSPS) is 19.8. The van der Waals surface area contributed by atoms with Crippen LogP contribution < -0.4 is 4.90 Å². The Kier molecular flexibility index (Phi) is 6.15. The standard InChI is InChI=1S/C28H22BrClN2O2/c29-19-11-15-21(16-12-19)32-22-7-4-8-23(33)25(22)24(17-9-13-20(30)14-10-17)26(28(32)31)27(34)18-5-2-1-3-6-18/h1-3,5-6,9-16,24,31,34H,4,7-8H2/t24-/m1/s1. The van der Waals surface area contributed by atoms with Crippen LogP contribution in [0.2, 0.25) is 5.02 Å². The van der Waals surface area contributed by atoms with Crippen molar-refractivity contribution in [3.05, 3.63) is 116 Å². The van der Waals surface area contributed by atoms with Crippen LogP contribution in [-0.2, 0) is 4.79 Å². The Morgan fingerprint density at radius 1 is 0.971 bits per heavy atom. The van der Waals surface area contributed by atoms with Crippen LogP contribution in [0.4, 0.5) is 5.69 Å². The number of ketones is 1. The summed E-state index contributed by atoms with van der Waals surface area (Å²) in [6, 6.07) is 24.2. The highest BCUT2D eigenvalue weighted by Crippen LogP contribution is 2.48. The number of anilines is 1. The molecule has 0 unspecified atom stereocenters. The Morgan fingerprint density at radius 2 is 1.65 bits per heavy atom. The van der Waals surface area contributed by atoms with E-state index in [-0.39, 0.29) is 17.4 Å². The maximum Gasteiger partial charge on any atom is 0.161 e. The molecular formula is C28H22BrClN2O2. The van der Waals surface area contributed by atoms with Crippen molar-refractivity contribution in [3.63, 3.8) is 0 Å². The van der Waals surface area contributed by atoms with Gasteiger partial charge in [-0.1, -0.05) is 70.0 Å². The molecule has 6 heteroatoms. The van der Waals surface area contributed by atoms with Crippen LogP contribution in [0, 0.1) is 5.41 Å². The minimum absolute atomic E-state index is 0.00224. The van der Waals surface area contributed by atoms with Crippen molar-refractivity contribution in [1.82, 2.24) is 0 Å². The number of rotatable bonds is 3. The maximum absolute atomic E-state index is 13.4. The fraction of sp³-hybridized carbons (Fsp3) is 0.143. The number of aliphatic hydroxyl groups excluding tert-OH is 1. The van der Waals surface area contributed by atoms with E-state index in [9.17, 15) is 15.3 Å². The summed E-state index contributed by atoms with van der Waals surface area (Å²) in [4.78, 5) is 15.2. The van der Waals surface area contributed by atoms with E-state index >= 15 is 0 Å². The minimum atomic E-state index is -0.556. The Balaban J connectivity index is 1.82. The predicted octanol–water partition coefficient (Wildman–Crippen LogP) is 7.66. The van der Waals surface area contributed by atoms with E-state index in [1.807, 2.05) is 71.6 Å². The number of carbonyl (C=O) groups is 1. The molecular weight excluding hydrogens is 512 g/mol. The van der Waals surface area contributed by atoms with Gasteiger partial charge in [0.05, 0.1) is 0 Å². The molecule has 1 heterocycles. The largest absolute Gasteiger partial charge is 0.507 e. The Morgan fingerprint density at radius 3 is 2.32 bits per heavy atom. The van der Waals surface area contributed by atoms with Crippen LogP contribution >= 0.6 is 27.5 Å². The van der Waals surface area contributed by atoms with Gasteiger partial charge in [-0.15, -0.1) is 0 Å². The number of halogens is 2. The number of nitrogens with zero attached hydrogens (tertiary/aromatic N) is 1. The maximum atomic E-state index is 13.4. The SMILES string of the molecule is N=C1C(=C(O)c2ccccc2)[C@H](c2ccc(Cl)cc2)C2=C(CCCC2=O)N1c1ccc(Br)cc1. The molecule has 0 fully saturated rings. The van der Waals surface area contributed by atoms with Gasteiger partial charge in [-0.3, -0.25) is 15.1 Å². The first kappa shape index (κ1) is 22.6. The molecule has 1 aliphatic heterocycles. The zero-order chi connectivity index (χ0) is 23.8. The molecule has 3 aromatic rings. The number of amidine groups is 1. The lowest BCUT2D eigenvalue weighted by molar-refractivity contribution is -0.116. The quantitative estimate of drug-likeness (QED) is 0.340. The third-order valence-electron chi connectivity index (χ3n) is 6.35. The summed E-state index contributed by atoms with van der Waals surface area (Å²) in [6.45, 7) is 0. The summed E-state index contributed by atoms with van der Waals surface area (Å²) >= 11 is 9.64. The second kappa shape index (κ2) is 9.24. The second-order valence-corrected chi connectivity index (χ2v) is 9.76. The molecule has 0 spiro atoms. The Labute approximate surface area is 211 Å². The van der Waals surface area contributed by atoms with Crippen molar-refractivity contribution in [1.29, 1.82) is 5.41 Å². The van der Waals surface area contributed by atoms with Crippen LogP contribution in [0.25, 0.3) is 5.76 Å². The van der Waals surface area contributed by atoms with E-state index in [0.717, 1.165) is 27.8 Å². The smallest absolute Gasteiger partial charge is 0.161 e. The summed E-state index contributed by atoms with van der Waals surface area (Å²) in [6.07, 6.45) is 1.86. The van der Waals surface area contributed by atoms with Gasteiger partial charge in [0.15, 0.2) is 5.78 Å². The molecule has 5 rings (SSSR count). The number of nitrogens with one attached hydrogen (secondary N) is 1. The highest BCUT2D eigenvalue weighted by Gasteiger charge is 2.43. The Hall–Kier alpha value is -3.15. The van der Waals surface area contributed by atoms with Gasteiger partial charge in [-0.2, -0.15) is 0 Å². The van der Waals surface area contributed by atoms with Gasteiger partial charge >= 0.3 is 0 Å². The molecule has 1 aliphatic carbocycles. The zero-order valence-electron chi connectivity index (χ0n) is 18.3. The Bertz CT molecular complexity index is 1330. The first-order chi connectivity index (χ1) is 16.5. The highest BCUT2D eigenvalue weighted by atomic mass is 79.9. The van der Waals surface area contributed by atoms with Crippen molar-refractivity contribution in [2.24, 2.45) is 0 Å². The van der Waals surface area contributed by atoms with Crippen LogP contribution in [0.1, 0.15) is 36.3 Å². The lowest BCUT2D eigenvalue weighted by Crippen LogP contribution is -2.42. The first-order valence-corrected chi connectivity index (χ1v) is 12.3. The van der Waals surface area contributed by atoms with E-state index in [1.54, 1.807) is 12.1 Å². The summed E-state index contributed by atoms with van der Waals surface area (Å²) < 4.78 is 0.927. The molecule has 0 saturated carbocycles. The molecule has 0 radical (unpaired) electrons. The van der Waals surface area contributed by atoms with E-state index in [2.05, 4.69) is 15.9 Å². The molecule has 0 aromatic heterocycles. The van der Waals surface area contributed by atoms with E-state index in [4.69, 9.17) is 11.6 Å². The van der Waals surface area contributed by atoms with Crippen molar-refractivity contribution in [3.8, 4) is 0 Å². The number of hydrogen-bond acceptors (Lipinski definition) is 3. The molecule has 2 aliphatic rings. The minimum Gasteiger partial charge on any atom is -0.507 e. The first-order valence-electron chi connectivity index (χ1n) is 11.1. The van der Waals surface area contributed by atoms with Gasteiger partial charge in [0.2, 0.25) is 0 Å². The monoisotopic (exact) mass is 532 g/mol. The number of benzene rings is 3. The van der Waals surface area contributed by atoms with Crippen LogP contribution in [-0.4, -0.2) is 16.7 Å². The van der Waals surface area contributed by atoms with Gasteiger partial charge in [0.25, 0.3) is 0 Å². The molecule has 0 bridgehead atoms. The van der Waals surface area contributed by atoms with Gasteiger partial charge < -0.3 is 5.11 Å². The summed E-state index contributed by atoms with van der Waals surface area (Å²) in [5.41, 5.74) is 4.08. The van der Waals surface area contributed by atoms with Gasteiger partial charge in [0, 0.05) is 49.9 Å².